The van der Waals surface area contributed by atoms with Crippen LogP contribution in [0.1, 0.15) is 0 Å². The second-order valence-corrected chi connectivity index (χ2v) is 8.55. The van der Waals surface area contributed by atoms with Crippen molar-refractivity contribution >= 4 is 21.8 Å². The molecule has 4 aromatic heterocycles. The molecular weight excluding hydrogens is 444 g/mol. The molecule has 6 nitrogen and oxygen atoms in total. The predicted molar refractivity (Wildman–Crippen MR) is 143 cm³/mol. The van der Waals surface area contributed by atoms with Gasteiger partial charge in [0.15, 0.2) is 5.82 Å². The largest absolute Gasteiger partial charge is 0.354 e. The highest BCUT2D eigenvalue weighted by atomic mass is 15.4. The second-order valence-electron chi connectivity index (χ2n) is 8.55. The highest BCUT2D eigenvalue weighted by Crippen LogP contribution is 2.34. The van der Waals surface area contributed by atoms with E-state index in [0.717, 1.165) is 33.5 Å². The van der Waals surface area contributed by atoms with Crippen LogP contribution < -0.4 is 0 Å². The lowest BCUT2D eigenvalue weighted by molar-refractivity contribution is 0.885. The summed E-state index contributed by atoms with van der Waals surface area (Å²) in [5, 5.41) is 7.28. The fraction of sp³-hybridized carbons (Fsp3) is 0. The van der Waals surface area contributed by atoms with Crippen LogP contribution in [0.2, 0.25) is 0 Å². The maximum Gasteiger partial charge on any atom is 0.200 e. The van der Waals surface area contributed by atoms with Crippen LogP contribution in [0.4, 0.5) is 0 Å². The first-order chi connectivity index (χ1) is 17.8. The Labute approximate surface area is 206 Å². The number of para-hydroxylation sites is 2. The van der Waals surface area contributed by atoms with E-state index in [9.17, 15) is 0 Å². The quantitative estimate of drug-likeness (QED) is 0.315. The van der Waals surface area contributed by atoms with Crippen molar-refractivity contribution in [2.45, 2.75) is 0 Å². The summed E-state index contributed by atoms with van der Waals surface area (Å²) in [5.41, 5.74) is 6.83. The molecule has 36 heavy (non-hydrogen) atoms. The van der Waals surface area contributed by atoms with Crippen molar-refractivity contribution in [1.82, 2.24) is 29.7 Å². The highest BCUT2D eigenvalue weighted by Gasteiger charge is 2.17. The van der Waals surface area contributed by atoms with Gasteiger partial charge < -0.3 is 4.98 Å². The van der Waals surface area contributed by atoms with Crippen LogP contribution in [0.5, 0.6) is 0 Å². The third kappa shape index (κ3) is 3.35. The van der Waals surface area contributed by atoms with E-state index in [1.807, 2.05) is 47.1 Å². The lowest BCUT2D eigenvalue weighted by Crippen LogP contribution is -2.01. The summed E-state index contributed by atoms with van der Waals surface area (Å²) < 4.78 is 1.85. The molecule has 7 aromatic rings. The van der Waals surface area contributed by atoms with Crippen LogP contribution in [-0.2, 0) is 0 Å². The predicted octanol–water partition coefficient (Wildman–Crippen LogP) is 6.69. The number of pyridine rings is 2. The lowest BCUT2D eigenvalue weighted by atomic mass is 10.0. The molecule has 0 radical (unpaired) electrons. The number of nitrogens with one attached hydrogen (secondary N) is 1. The average molecular weight is 465 g/mol. The van der Waals surface area contributed by atoms with Crippen molar-refractivity contribution < 1.29 is 0 Å². The van der Waals surface area contributed by atoms with E-state index in [1.165, 1.54) is 10.8 Å². The number of hydrogen-bond acceptors (Lipinski definition) is 4. The minimum absolute atomic E-state index is 0.555. The van der Waals surface area contributed by atoms with Crippen LogP contribution in [0.15, 0.2) is 116 Å². The van der Waals surface area contributed by atoms with Crippen LogP contribution in [-0.4, -0.2) is 29.7 Å². The molecule has 0 spiro atoms. The second kappa shape index (κ2) is 8.29. The van der Waals surface area contributed by atoms with E-state index in [0.29, 0.717) is 17.3 Å². The molecule has 0 aliphatic carbocycles. The van der Waals surface area contributed by atoms with E-state index in [-0.39, 0.29) is 0 Å². The maximum atomic E-state index is 4.85. The molecule has 0 saturated carbocycles. The zero-order valence-electron chi connectivity index (χ0n) is 19.2. The van der Waals surface area contributed by atoms with Crippen molar-refractivity contribution in [2.24, 2.45) is 0 Å². The number of aromatic amines is 1. The fourth-order valence-electron chi connectivity index (χ4n) is 4.68. The third-order valence-electron chi connectivity index (χ3n) is 6.34. The molecule has 0 aliphatic heterocycles. The van der Waals surface area contributed by atoms with Crippen LogP contribution in [0.3, 0.4) is 0 Å². The molecule has 170 valence electrons. The summed E-state index contributed by atoms with van der Waals surface area (Å²) in [6, 6.07) is 34.7. The Morgan fingerprint density at radius 1 is 0.639 bits per heavy atom. The minimum Gasteiger partial charge on any atom is -0.354 e. The zero-order valence-corrected chi connectivity index (χ0v) is 19.2. The minimum atomic E-state index is 0.555. The Balaban J connectivity index is 1.41. The van der Waals surface area contributed by atoms with E-state index in [2.05, 4.69) is 75.6 Å². The van der Waals surface area contributed by atoms with Gasteiger partial charge in [-0.15, -0.1) is 5.10 Å². The summed E-state index contributed by atoms with van der Waals surface area (Å²) in [6.07, 6.45) is 3.51. The van der Waals surface area contributed by atoms with Crippen LogP contribution in [0.25, 0.3) is 61.7 Å². The Morgan fingerprint density at radius 2 is 1.39 bits per heavy atom. The Hall–Kier alpha value is -5.10. The van der Waals surface area contributed by atoms with E-state index in [4.69, 9.17) is 10.1 Å². The van der Waals surface area contributed by atoms with Gasteiger partial charge >= 0.3 is 0 Å². The van der Waals surface area contributed by atoms with Crippen molar-refractivity contribution in [3.05, 3.63) is 116 Å². The number of fused-ring (bicyclic) bond motifs is 3. The molecule has 4 heterocycles. The number of benzene rings is 3. The Morgan fingerprint density at radius 3 is 2.22 bits per heavy atom. The smallest absolute Gasteiger partial charge is 0.200 e. The number of hydrogen-bond donors (Lipinski definition) is 1. The van der Waals surface area contributed by atoms with Gasteiger partial charge in [-0.1, -0.05) is 60.7 Å². The third-order valence-corrected chi connectivity index (χ3v) is 6.34. The molecule has 0 amide bonds. The van der Waals surface area contributed by atoms with Crippen molar-refractivity contribution in [2.75, 3.05) is 0 Å². The molecule has 0 unspecified atom stereocenters. The molecule has 0 atom stereocenters. The summed E-state index contributed by atoms with van der Waals surface area (Å²) in [4.78, 5) is 17.4. The molecule has 6 heteroatoms. The first-order valence-corrected chi connectivity index (χ1v) is 11.8. The van der Waals surface area contributed by atoms with E-state index >= 15 is 0 Å². The molecule has 0 aliphatic rings. The molecular formula is C30H20N6. The first-order valence-electron chi connectivity index (χ1n) is 11.8. The summed E-state index contributed by atoms with van der Waals surface area (Å²) in [5.74, 6) is 1.22. The van der Waals surface area contributed by atoms with Gasteiger partial charge in [0.1, 0.15) is 11.4 Å². The molecule has 0 fully saturated rings. The topological polar surface area (TPSA) is 72.3 Å². The standard InChI is InChI=1S/C30H20N6/c1-2-14-25-23(11-1)24-13-8-12-22(28(24)33-25)20-9-7-10-21(19-20)36-30(27-16-4-6-18-32-27)34-29(35-36)26-15-3-5-17-31-26/h1-19,33H. The first kappa shape index (κ1) is 20.3. The Kier molecular flexibility index (Phi) is 4.67. The number of rotatable bonds is 4. The van der Waals surface area contributed by atoms with Gasteiger partial charge in [0.2, 0.25) is 5.82 Å². The summed E-state index contributed by atoms with van der Waals surface area (Å²) in [6.45, 7) is 0. The molecule has 0 bridgehead atoms. The number of H-pyrrole nitrogens is 1. The Bertz CT molecular complexity index is 1830. The van der Waals surface area contributed by atoms with Gasteiger partial charge in [-0.25, -0.2) is 9.67 Å². The van der Waals surface area contributed by atoms with Gasteiger partial charge in [-0.3, -0.25) is 9.97 Å². The molecule has 3 aromatic carbocycles. The summed E-state index contributed by atoms with van der Waals surface area (Å²) >= 11 is 0. The molecule has 1 N–H and O–H groups in total. The lowest BCUT2D eigenvalue weighted by Gasteiger charge is -2.09. The van der Waals surface area contributed by atoms with Crippen molar-refractivity contribution in [3.63, 3.8) is 0 Å². The SMILES string of the molecule is c1ccc(-c2nc(-c3ccccn3)n(-c3cccc(-c4cccc5c4[nH]c4ccccc45)c3)n2)nc1. The van der Waals surface area contributed by atoms with Crippen LogP contribution >= 0.6 is 0 Å². The van der Waals surface area contributed by atoms with E-state index < -0.39 is 0 Å². The number of nitrogens with zero attached hydrogens (tertiary/aromatic N) is 5. The van der Waals surface area contributed by atoms with E-state index in [1.54, 1.807) is 12.4 Å². The highest BCUT2D eigenvalue weighted by molar-refractivity contribution is 6.11. The zero-order chi connectivity index (χ0) is 23.9. The van der Waals surface area contributed by atoms with Crippen LogP contribution in [0, 0.1) is 0 Å². The average Bonchev–Trinajstić information content (AvgIpc) is 3.57. The molecule has 0 saturated heterocycles. The molecule has 7 rings (SSSR count). The number of aromatic nitrogens is 6. The monoisotopic (exact) mass is 464 g/mol. The van der Waals surface area contributed by atoms with Gasteiger partial charge in [0.25, 0.3) is 0 Å². The normalized spacial score (nSPS) is 11.3. The summed E-state index contributed by atoms with van der Waals surface area (Å²) in [7, 11) is 0. The van der Waals surface area contributed by atoms with Gasteiger partial charge in [0.05, 0.1) is 11.2 Å². The maximum absolute atomic E-state index is 4.85. The van der Waals surface area contributed by atoms with Crippen molar-refractivity contribution in [1.29, 1.82) is 0 Å². The van der Waals surface area contributed by atoms with Crippen molar-refractivity contribution in [3.8, 4) is 39.9 Å². The van der Waals surface area contributed by atoms with Gasteiger partial charge in [-0.05, 0) is 48.0 Å². The fourth-order valence-corrected chi connectivity index (χ4v) is 4.68. The van der Waals surface area contributed by atoms with Gasteiger partial charge in [-0.2, -0.15) is 0 Å². The van der Waals surface area contributed by atoms with Gasteiger partial charge in [0, 0.05) is 34.2 Å².